The highest BCUT2D eigenvalue weighted by Gasteiger charge is 2.52. The van der Waals surface area contributed by atoms with Crippen molar-refractivity contribution >= 4 is 21.9 Å². The van der Waals surface area contributed by atoms with Gasteiger partial charge in [0.25, 0.3) is 0 Å². The summed E-state index contributed by atoms with van der Waals surface area (Å²) in [5.41, 5.74) is 18.6. The third-order valence-electron chi connectivity index (χ3n) is 13.0. The molecule has 2 heterocycles. The molecule has 0 amide bonds. The topological polar surface area (TPSA) is 51.8 Å². The first kappa shape index (κ1) is 34.6. The summed E-state index contributed by atoms with van der Waals surface area (Å²) in [4.78, 5) is 16.0. The average molecular weight is 790 g/mol. The number of nitrogens with zero attached hydrogens (tertiary/aromatic N) is 3. The van der Waals surface area contributed by atoms with Crippen molar-refractivity contribution < 1.29 is 4.42 Å². The second-order valence-electron chi connectivity index (χ2n) is 16.2. The molecule has 288 valence electrons. The SMILES string of the molecule is c1ccc(-c2nc(-c3ccccc3-c3cccc4c3C3(c5ccccc5-c5ccccc53)c3ccccc3-4)nc(-c3ccccc3-c3cccc4oc5ccccc5c34)n2)cc1. The second-order valence-corrected chi connectivity index (χ2v) is 16.2. The highest BCUT2D eigenvalue weighted by atomic mass is 16.3. The molecule has 0 saturated heterocycles. The van der Waals surface area contributed by atoms with Crippen molar-refractivity contribution in [2.24, 2.45) is 0 Å². The molecule has 2 aliphatic carbocycles. The summed E-state index contributed by atoms with van der Waals surface area (Å²) in [6.45, 7) is 0. The Morgan fingerprint density at radius 3 is 1.32 bits per heavy atom. The Labute approximate surface area is 358 Å². The maximum absolute atomic E-state index is 6.35. The minimum Gasteiger partial charge on any atom is -0.456 e. The van der Waals surface area contributed by atoms with E-state index in [9.17, 15) is 0 Å². The Kier molecular flexibility index (Phi) is 7.49. The lowest BCUT2D eigenvalue weighted by Crippen LogP contribution is -2.26. The average Bonchev–Trinajstić information content (AvgIpc) is 3.99. The fraction of sp³-hybridized carbons (Fsp3) is 0.0172. The lowest BCUT2D eigenvalue weighted by atomic mass is 9.68. The van der Waals surface area contributed by atoms with Crippen molar-refractivity contribution in [2.45, 2.75) is 5.41 Å². The number of hydrogen-bond acceptors (Lipinski definition) is 4. The Hall–Kier alpha value is -8.21. The zero-order valence-corrected chi connectivity index (χ0v) is 33.5. The van der Waals surface area contributed by atoms with Crippen molar-refractivity contribution in [3.05, 3.63) is 235 Å². The van der Waals surface area contributed by atoms with Gasteiger partial charge in [0, 0.05) is 27.5 Å². The van der Waals surface area contributed by atoms with Gasteiger partial charge in [0.15, 0.2) is 17.5 Å². The van der Waals surface area contributed by atoms with Crippen LogP contribution >= 0.6 is 0 Å². The summed E-state index contributed by atoms with van der Waals surface area (Å²) in [5.74, 6) is 1.83. The molecule has 2 aromatic heterocycles. The van der Waals surface area contributed by atoms with Crippen LogP contribution in [-0.2, 0) is 5.41 Å². The van der Waals surface area contributed by atoms with Crippen LogP contribution in [0.25, 0.3) is 101 Å². The van der Waals surface area contributed by atoms with E-state index in [1.165, 1.54) is 44.5 Å². The Morgan fingerprint density at radius 1 is 0.290 bits per heavy atom. The van der Waals surface area contributed by atoms with Gasteiger partial charge in [-0.2, -0.15) is 0 Å². The second kappa shape index (κ2) is 13.4. The van der Waals surface area contributed by atoms with Crippen LogP contribution in [0, 0.1) is 0 Å². The fourth-order valence-corrected chi connectivity index (χ4v) is 10.5. The van der Waals surface area contributed by atoms with Crippen LogP contribution in [0.1, 0.15) is 22.3 Å². The van der Waals surface area contributed by atoms with Gasteiger partial charge >= 0.3 is 0 Å². The number of para-hydroxylation sites is 1. The number of hydrogen-bond donors (Lipinski definition) is 0. The van der Waals surface area contributed by atoms with Crippen molar-refractivity contribution in [1.82, 2.24) is 15.0 Å². The van der Waals surface area contributed by atoms with Gasteiger partial charge in [-0.25, -0.2) is 15.0 Å². The van der Waals surface area contributed by atoms with Gasteiger partial charge in [-0.05, 0) is 78.9 Å². The van der Waals surface area contributed by atoms with Gasteiger partial charge in [-0.3, -0.25) is 0 Å². The maximum atomic E-state index is 6.35. The number of benzene rings is 9. The van der Waals surface area contributed by atoms with Crippen LogP contribution in [0.2, 0.25) is 0 Å². The summed E-state index contributed by atoms with van der Waals surface area (Å²) in [5, 5.41) is 2.15. The van der Waals surface area contributed by atoms with E-state index in [0.29, 0.717) is 17.5 Å². The smallest absolute Gasteiger partial charge is 0.164 e. The van der Waals surface area contributed by atoms with E-state index in [1.54, 1.807) is 0 Å². The highest BCUT2D eigenvalue weighted by molar-refractivity contribution is 6.13. The first-order valence-electron chi connectivity index (χ1n) is 21.1. The molecule has 1 spiro atoms. The van der Waals surface area contributed by atoms with Crippen LogP contribution in [0.15, 0.2) is 217 Å². The van der Waals surface area contributed by atoms with Gasteiger partial charge in [-0.1, -0.05) is 200 Å². The van der Waals surface area contributed by atoms with Crippen LogP contribution in [0.3, 0.4) is 0 Å². The number of rotatable bonds is 5. The molecule has 13 rings (SSSR count). The molecule has 0 N–H and O–H groups in total. The predicted octanol–water partition coefficient (Wildman–Crippen LogP) is 14.4. The molecule has 0 radical (unpaired) electrons. The van der Waals surface area contributed by atoms with E-state index in [0.717, 1.165) is 60.9 Å². The Bertz CT molecular complexity index is 3540. The van der Waals surface area contributed by atoms with Crippen LogP contribution in [0.5, 0.6) is 0 Å². The van der Waals surface area contributed by atoms with Crippen molar-refractivity contribution in [1.29, 1.82) is 0 Å². The summed E-state index contributed by atoms with van der Waals surface area (Å²) >= 11 is 0. The maximum Gasteiger partial charge on any atom is 0.164 e. The molecule has 0 unspecified atom stereocenters. The quantitative estimate of drug-likeness (QED) is 0.174. The Balaban J connectivity index is 1.07. The first-order chi connectivity index (χ1) is 30.8. The number of fused-ring (bicyclic) bond motifs is 13. The molecule has 4 nitrogen and oxygen atoms in total. The van der Waals surface area contributed by atoms with Gasteiger partial charge in [0.2, 0.25) is 0 Å². The molecule has 0 saturated carbocycles. The molecule has 0 fully saturated rings. The summed E-state index contributed by atoms with van der Waals surface area (Å²) in [6, 6.07) is 75.5. The van der Waals surface area contributed by atoms with E-state index in [-0.39, 0.29) is 0 Å². The van der Waals surface area contributed by atoms with Crippen molar-refractivity contribution in [2.75, 3.05) is 0 Å². The molecule has 11 aromatic rings. The molecular formula is C58H35N3O. The lowest BCUT2D eigenvalue weighted by Gasteiger charge is -2.32. The van der Waals surface area contributed by atoms with Gasteiger partial charge < -0.3 is 4.42 Å². The molecule has 0 aliphatic heterocycles. The Morgan fingerprint density at radius 2 is 0.694 bits per heavy atom. The largest absolute Gasteiger partial charge is 0.456 e. The van der Waals surface area contributed by atoms with E-state index in [1.807, 2.05) is 36.4 Å². The minimum atomic E-state index is -0.514. The van der Waals surface area contributed by atoms with E-state index in [4.69, 9.17) is 19.4 Å². The molecular weight excluding hydrogens is 755 g/mol. The van der Waals surface area contributed by atoms with Gasteiger partial charge in [-0.15, -0.1) is 0 Å². The minimum absolute atomic E-state index is 0.514. The van der Waals surface area contributed by atoms with Crippen molar-refractivity contribution in [3.63, 3.8) is 0 Å². The zero-order chi connectivity index (χ0) is 40.8. The summed E-state index contributed by atoms with van der Waals surface area (Å²) in [7, 11) is 0. The molecule has 62 heavy (non-hydrogen) atoms. The van der Waals surface area contributed by atoms with Gasteiger partial charge in [0.05, 0.1) is 5.41 Å². The molecule has 0 bridgehead atoms. The van der Waals surface area contributed by atoms with Crippen LogP contribution in [0.4, 0.5) is 0 Å². The monoisotopic (exact) mass is 789 g/mol. The molecule has 0 atom stereocenters. The normalized spacial score (nSPS) is 13.0. The van der Waals surface area contributed by atoms with Gasteiger partial charge in [0.1, 0.15) is 11.2 Å². The lowest BCUT2D eigenvalue weighted by molar-refractivity contribution is 0.669. The number of furan rings is 1. The van der Waals surface area contributed by atoms with E-state index < -0.39 is 5.41 Å². The van der Waals surface area contributed by atoms with Crippen molar-refractivity contribution in [3.8, 4) is 78.7 Å². The fourth-order valence-electron chi connectivity index (χ4n) is 10.5. The van der Waals surface area contributed by atoms with E-state index in [2.05, 4.69) is 176 Å². The highest BCUT2D eigenvalue weighted by Crippen LogP contribution is 2.64. The third kappa shape index (κ3) is 4.86. The summed E-state index contributed by atoms with van der Waals surface area (Å²) in [6.07, 6.45) is 0. The molecule has 9 aromatic carbocycles. The third-order valence-corrected chi connectivity index (χ3v) is 13.0. The van der Waals surface area contributed by atoms with E-state index >= 15 is 0 Å². The zero-order valence-electron chi connectivity index (χ0n) is 33.5. The predicted molar refractivity (Wildman–Crippen MR) is 251 cm³/mol. The molecule has 4 heteroatoms. The van der Waals surface area contributed by atoms with Crippen LogP contribution < -0.4 is 0 Å². The standard InChI is InChI=1S/C58H35N3O/c1-2-18-36(19-3-1)55-59-56(45-25-6-4-20-37(45)42-28-17-35-52-53(42)47-27-11-15-34-51(47)62-52)61-57(60-55)46-26-7-5-21-38(46)43-29-16-30-44-41-24-10-14-33-50(41)58(54(43)44)48-31-12-8-22-39(48)40-23-9-13-32-49(40)58/h1-35H. The number of aromatic nitrogens is 3. The first-order valence-corrected chi connectivity index (χ1v) is 21.1. The summed E-state index contributed by atoms with van der Waals surface area (Å²) < 4.78 is 6.35. The molecule has 2 aliphatic rings. The van der Waals surface area contributed by atoms with Crippen LogP contribution in [-0.4, -0.2) is 15.0 Å².